The summed E-state index contributed by atoms with van der Waals surface area (Å²) in [7, 11) is 0. The van der Waals surface area contributed by atoms with Crippen LogP contribution in [0.4, 0.5) is 0 Å². The number of hydrogen-bond acceptors (Lipinski definition) is 4. The van der Waals surface area contributed by atoms with Gasteiger partial charge in [-0.3, -0.25) is 0 Å². The molecule has 78 valence electrons. The molecular weight excluding hydrogens is 220 g/mol. The van der Waals surface area contributed by atoms with Gasteiger partial charge in [0.15, 0.2) is 0 Å². The van der Waals surface area contributed by atoms with Gasteiger partial charge in [-0.2, -0.15) is 23.5 Å². The van der Waals surface area contributed by atoms with E-state index in [9.17, 15) is 0 Å². The van der Waals surface area contributed by atoms with E-state index in [4.69, 9.17) is 11.1 Å². The smallest absolute Gasteiger partial charge is 0.0348 e. The molecule has 0 aliphatic carbocycles. The third-order valence-electron chi connectivity index (χ3n) is 1.17. The fraction of sp³-hybridized carbons (Fsp3) is 1.00. The Balaban J connectivity index is 2.98. The highest BCUT2D eigenvalue weighted by Crippen LogP contribution is 2.06. The van der Waals surface area contributed by atoms with Crippen LogP contribution in [0.15, 0.2) is 10.2 Å². The van der Waals surface area contributed by atoms with Gasteiger partial charge in [0.25, 0.3) is 0 Å². The molecule has 0 aromatic carbocycles. The molecule has 0 heterocycles. The number of rotatable bonds is 9. The van der Waals surface area contributed by atoms with Crippen molar-refractivity contribution in [2.24, 2.45) is 10.2 Å². The molecule has 0 atom stereocenters. The van der Waals surface area contributed by atoms with Crippen molar-refractivity contribution in [2.45, 2.75) is 0 Å². The molecule has 0 amide bonds. The van der Waals surface area contributed by atoms with Crippen LogP contribution in [0.5, 0.6) is 0 Å². The van der Waals surface area contributed by atoms with Gasteiger partial charge in [0.1, 0.15) is 0 Å². The molecule has 0 aliphatic rings. The first kappa shape index (κ1) is 13.3. The Morgan fingerprint density at radius 1 is 0.786 bits per heavy atom. The summed E-state index contributed by atoms with van der Waals surface area (Å²) in [6.45, 7) is 1.12. The van der Waals surface area contributed by atoms with E-state index in [1.807, 2.05) is 0 Å². The van der Waals surface area contributed by atoms with Crippen molar-refractivity contribution >= 4 is 23.5 Å². The van der Waals surface area contributed by atoms with Gasteiger partial charge in [0, 0.05) is 34.4 Å². The van der Waals surface area contributed by atoms with Crippen LogP contribution < -0.4 is 0 Å². The standard InChI is InChI=1S/C6H12N6S2/c7-11-9-1-3-13-5-6-14-4-2-10-12-8/h1-6H2. The first-order valence-electron chi connectivity index (χ1n) is 4.09. The minimum absolute atomic E-state index is 0.560. The maximum Gasteiger partial charge on any atom is 0.0348 e. The summed E-state index contributed by atoms with van der Waals surface area (Å²) in [6, 6.07) is 0. The Labute approximate surface area is 91.1 Å². The normalized spacial score (nSPS) is 8.86. The molecule has 0 spiro atoms. The van der Waals surface area contributed by atoms with Crippen molar-refractivity contribution in [2.75, 3.05) is 36.1 Å². The largest absolute Gasteiger partial charge is 0.161 e. The molecule has 0 saturated carbocycles. The Morgan fingerprint density at radius 3 is 1.57 bits per heavy atom. The summed E-state index contributed by atoms with van der Waals surface area (Å²) >= 11 is 3.54. The number of azide groups is 2. The molecule has 0 bridgehead atoms. The van der Waals surface area contributed by atoms with Gasteiger partial charge in [-0.05, 0) is 22.6 Å². The van der Waals surface area contributed by atoms with Crippen LogP contribution >= 0.6 is 23.5 Å². The zero-order chi connectivity index (χ0) is 10.5. The van der Waals surface area contributed by atoms with Crippen LogP contribution in [0.1, 0.15) is 0 Å². The molecule has 8 heteroatoms. The van der Waals surface area contributed by atoms with Crippen LogP contribution in [0.2, 0.25) is 0 Å². The minimum atomic E-state index is 0.560. The van der Waals surface area contributed by atoms with E-state index in [1.165, 1.54) is 0 Å². The lowest BCUT2D eigenvalue weighted by atomic mass is 10.8. The predicted molar refractivity (Wildman–Crippen MR) is 62.7 cm³/mol. The zero-order valence-electron chi connectivity index (χ0n) is 7.74. The zero-order valence-corrected chi connectivity index (χ0v) is 9.38. The van der Waals surface area contributed by atoms with Gasteiger partial charge in [0.05, 0.1) is 0 Å². The van der Waals surface area contributed by atoms with E-state index in [0.717, 1.165) is 23.0 Å². The maximum atomic E-state index is 7.99. The van der Waals surface area contributed by atoms with E-state index in [2.05, 4.69) is 20.1 Å². The summed E-state index contributed by atoms with van der Waals surface area (Å²) in [5.41, 5.74) is 16.0. The fourth-order valence-electron chi connectivity index (χ4n) is 0.622. The SMILES string of the molecule is [N-]=[N+]=NCCSCCSCCN=[N+]=[N-]. The van der Waals surface area contributed by atoms with Gasteiger partial charge in [-0.1, -0.05) is 10.2 Å². The Hall–Kier alpha value is -0.680. The first-order chi connectivity index (χ1) is 6.91. The van der Waals surface area contributed by atoms with Crippen LogP contribution in [0.25, 0.3) is 20.9 Å². The topological polar surface area (TPSA) is 97.5 Å². The average molecular weight is 232 g/mol. The number of hydrogen-bond donors (Lipinski definition) is 0. The van der Waals surface area contributed by atoms with Crippen molar-refractivity contribution in [1.29, 1.82) is 0 Å². The minimum Gasteiger partial charge on any atom is -0.161 e. The van der Waals surface area contributed by atoms with E-state index in [1.54, 1.807) is 23.5 Å². The van der Waals surface area contributed by atoms with E-state index in [0.29, 0.717) is 13.1 Å². The average Bonchev–Trinajstić information content (AvgIpc) is 2.21. The van der Waals surface area contributed by atoms with Gasteiger partial charge < -0.3 is 0 Å². The molecule has 0 radical (unpaired) electrons. The number of thioether (sulfide) groups is 2. The lowest BCUT2D eigenvalue weighted by molar-refractivity contribution is 1.12. The van der Waals surface area contributed by atoms with Crippen molar-refractivity contribution in [3.05, 3.63) is 20.9 Å². The molecule has 0 N–H and O–H groups in total. The molecule has 14 heavy (non-hydrogen) atoms. The van der Waals surface area contributed by atoms with E-state index >= 15 is 0 Å². The lowest BCUT2D eigenvalue weighted by Crippen LogP contribution is -1.92. The second kappa shape index (κ2) is 12.3. The van der Waals surface area contributed by atoms with Crippen molar-refractivity contribution < 1.29 is 0 Å². The second-order valence-corrected chi connectivity index (χ2v) is 4.58. The van der Waals surface area contributed by atoms with Crippen molar-refractivity contribution in [3.8, 4) is 0 Å². The maximum absolute atomic E-state index is 7.99. The summed E-state index contributed by atoms with van der Waals surface area (Å²) in [6.07, 6.45) is 0. The molecule has 0 aromatic heterocycles. The van der Waals surface area contributed by atoms with Gasteiger partial charge >= 0.3 is 0 Å². The summed E-state index contributed by atoms with van der Waals surface area (Å²) in [5, 5.41) is 6.86. The molecule has 0 unspecified atom stereocenters. The highest BCUT2D eigenvalue weighted by Gasteiger charge is 1.89. The van der Waals surface area contributed by atoms with Gasteiger partial charge in [-0.25, -0.2) is 0 Å². The Kier molecular flexibility index (Phi) is 11.7. The Morgan fingerprint density at radius 2 is 1.21 bits per heavy atom. The first-order valence-corrected chi connectivity index (χ1v) is 6.40. The fourth-order valence-corrected chi connectivity index (χ4v) is 2.39. The molecule has 0 aliphatic heterocycles. The van der Waals surface area contributed by atoms with Crippen LogP contribution in [-0.2, 0) is 0 Å². The lowest BCUT2D eigenvalue weighted by Gasteiger charge is -1.98. The highest BCUT2D eigenvalue weighted by atomic mass is 32.2. The molecule has 0 aromatic rings. The van der Waals surface area contributed by atoms with E-state index in [-0.39, 0.29) is 0 Å². The Bertz CT molecular complexity index is 196. The molecule has 0 fully saturated rings. The van der Waals surface area contributed by atoms with Crippen molar-refractivity contribution in [1.82, 2.24) is 0 Å². The van der Waals surface area contributed by atoms with E-state index < -0.39 is 0 Å². The molecule has 0 saturated heterocycles. The predicted octanol–water partition coefficient (Wildman–Crippen LogP) is 3.07. The van der Waals surface area contributed by atoms with Crippen LogP contribution in [-0.4, -0.2) is 36.1 Å². The molecular formula is C6H12N6S2. The monoisotopic (exact) mass is 232 g/mol. The summed E-state index contributed by atoms with van der Waals surface area (Å²) < 4.78 is 0. The highest BCUT2D eigenvalue weighted by molar-refractivity contribution is 8.02. The molecule has 6 nitrogen and oxygen atoms in total. The second-order valence-electron chi connectivity index (χ2n) is 2.13. The van der Waals surface area contributed by atoms with Gasteiger partial charge in [0.2, 0.25) is 0 Å². The van der Waals surface area contributed by atoms with Gasteiger partial charge in [-0.15, -0.1) is 0 Å². The number of nitrogens with zero attached hydrogens (tertiary/aromatic N) is 6. The summed E-state index contributed by atoms with van der Waals surface area (Å²) in [5.74, 6) is 3.84. The van der Waals surface area contributed by atoms with Crippen LogP contribution in [0.3, 0.4) is 0 Å². The third-order valence-corrected chi connectivity index (χ3v) is 3.36. The quantitative estimate of drug-likeness (QED) is 0.264. The van der Waals surface area contributed by atoms with Crippen molar-refractivity contribution in [3.63, 3.8) is 0 Å². The van der Waals surface area contributed by atoms with Crippen LogP contribution in [0, 0.1) is 0 Å². The molecule has 0 rings (SSSR count). The third kappa shape index (κ3) is 11.3. The summed E-state index contributed by atoms with van der Waals surface area (Å²) in [4.78, 5) is 5.33.